The summed E-state index contributed by atoms with van der Waals surface area (Å²) in [6.45, 7) is 0. The highest BCUT2D eigenvalue weighted by Gasteiger charge is 1.98. The van der Waals surface area contributed by atoms with Gasteiger partial charge in [-0.3, -0.25) is 4.79 Å². The largest absolute Gasteiger partial charge is 0.497 e. The molecule has 0 N–H and O–H groups in total. The van der Waals surface area contributed by atoms with Crippen molar-refractivity contribution in [3.05, 3.63) is 29.8 Å². The van der Waals surface area contributed by atoms with Gasteiger partial charge in [0, 0.05) is 5.75 Å². The van der Waals surface area contributed by atoms with Gasteiger partial charge in [-0.25, -0.2) is 0 Å². The smallest absolute Gasteiger partial charge is 0.231 e. The van der Waals surface area contributed by atoms with E-state index >= 15 is 0 Å². The van der Waals surface area contributed by atoms with Crippen LogP contribution in [0.3, 0.4) is 0 Å². The third kappa shape index (κ3) is 4.03. The minimum absolute atomic E-state index is 0.302. The van der Waals surface area contributed by atoms with Gasteiger partial charge in [-0.1, -0.05) is 12.1 Å². The summed E-state index contributed by atoms with van der Waals surface area (Å²) in [6.07, 6.45) is 0. The molecular formula is C10H11ClO2S. The van der Waals surface area contributed by atoms with E-state index in [2.05, 4.69) is 0 Å². The molecule has 0 radical (unpaired) electrons. The Morgan fingerprint density at radius 3 is 2.57 bits per heavy atom. The molecule has 0 saturated heterocycles. The van der Waals surface area contributed by atoms with E-state index in [9.17, 15) is 4.79 Å². The summed E-state index contributed by atoms with van der Waals surface area (Å²) in [4.78, 5) is 10.5. The lowest BCUT2D eigenvalue weighted by Crippen LogP contribution is -1.91. The first kappa shape index (κ1) is 11.4. The van der Waals surface area contributed by atoms with Crippen LogP contribution in [0.15, 0.2) is 24.3 Å². The molecule has 0 saturated carbocycles. The molecule has 0 aliphatic carbocycles. The summed E-state index contributed by atoms with van der Waals surface area (Å²) < 4.78 is 5.03. The summed E-state index contributed by atoms with van der Waals surface area (Å²) in [5.41, 5.74) is 1.16. The Morgan fingerprint density at radius 1 is 1.43 bits per heavy atom. The first-order valence-corrected chi connectivity index (χ1v) is 5.64. The second-order valence-electron chi connectivity index (χ2n) is 2.70. The van der Waals surface area contributed by atoms with E-state index in [0.29, 0.717) is 5.75 Å². The fourth-order valence-electron chi connectivity index (χ4n) is 0.971. The Hall–Kier alpha value is -0.670. The van der Waals surface area contributed by atoms with Crippen molar-refractivity contribution in [1.29, 1.82) is 0 Å². The molecule has 2 nitrogen and oxygen atoms in total. The second-order valence-corrected chi connectivity index (χ2v) is 4.10. The summed E-state index contributed by atoms with van der Waals surface area (Å²) in [6, 6.07) is 7.76. The molecule has 0 aliphatic heterocycles. The number of benzene rings is 1. The van der Waals surface area contributed by atoms with Gasteiger partial charge in [0.1, 0.15) is 5.75 Å². The standard InChI is InChI=1S/C10H11ClO2S/c1-13-9-4-2-8(3-5-9)6-14-7-10(11)12/h2-5H,6-7H2,1H3. The molecule has 14 heavy (non-hydrogen) atoms. The second kappa shape index (κ2) is 5.94. The van der Waals surface area contributed by atoms with Gasteiger partial charge < -0.3 is 4.74 Å². The van der Waals surface area contributed by atoms with Gasteiger partial charge in [0.05, 0.1) is 12.9 Å². The van der Waals surface area contributed by atoms with Crippen molar-refractivity contribution in [3.63, 3.8) is 0 Å². The van der Waals surface area contributed by atoms with Crippen LogP contribution in [-0.2, 0) is 10.5 Å². The lowest BCUT2D eigenvalue weighted by atomic mass is 10.2. The SMILES string of the molecule is COc1ccc(CSCC(=O)Cl)cc1. The molecule has 0 amide bonds. The summed E-state index contributed by atoms with van der Waals surface area (Å²) >= 11 is 6.72. The van der Waals surface area contributed by atoms with Gasteiger partial charge in [-0.2, -0.15) is 0 Å². The quantitative estimate of drug-likeness (QED) is 0.728. The van der Waals surface area contributed by atoms with E-state index < -0.39 is 0 Å². The normalized spacial score (nSPS) is 9.86. The molecule has 0 aliphatic rings. The van der Waals surface area contributed by atoms with Gasteiger partial charge >= 0.3 is 0 Å². The van der Waals surface area contributed by atoms with Crippen molar-refractivity contribution >= 4 is 28.6 Å². The molecule has 0 unspecified atom stereocenters. The van der Waals surface area contributed by atoms with Gasteiger partial charge in [-0.05, 0) is 29.3 Å². The average molecular weight is 231 g/mol. The number of methoxy groups -OCH3 is 1. The van der Waals surface area contributed by atoms with Crippen LogP contribution in [-0.4, -0.2) is 18.1 Å². The molecule has 0 heterocycles. The average Bonchev–Trinajstić information content (AvgIpc) is 2.18. The number of rotatable bonds is 5. The Bertz CT molecular complexity index is 297. The monoisotopic (exact) mass is 230 g/mol. The van der Waals surface area contributed by atoms with Crippen molar-refractivity contribution in [2.24, 2.45) is 0 Å². The number of hydrogen-bond donors (Lipinski definition) is 0. The van der Waals surface area contributed by atoms with E-state index in [1.165, 1.54) is 11.8 Å². The van der Waals surface area contributed by atoms with Crippen molar-refractivity contribution in [2.75, 3.05) is 12.9 Å². The van der Waals surface area contributed by atoms with Crippen LogP contribution in [0.25, 0.3) is 0 Å². The third-order valence-electron chi connectivity index (χ3n) is 1.64. The van der Waals surface area contributed by atoms with Crippen LogP contribution in [0.4, 0.5) is 0 Å². The zero-order valence-electron chi connectivity index (χ0n) is 7.83. The van der Waals surface area contributed by atoms with Gasteiger partial charge in [0.2, 0.25) is 5.24 Å². The summed E-state index contributed by atoms with van der Waals surface area (Å²) in [7, 11) is 1.63. The third-order valence-corrected chi connectivity index (χ3v) is 2.94. The maximum atomic E-state index is 10.5. The molecule has 0 atom stereocenters. The van der Waals surface area contributed by atoms with Crippen LogP contribution in [0.5, 0.6) is 5.75 Å². The first-order valence-electron chi connectivity index (χ1n) is 4.11. The molecule has 76 valence electrons. The van der Waals surface area contributed by atoms with Gasteiger partial charge in [-0.15, -0.1) is 11.8 Å². The summed E-state index contributed by atoms with van der Waals surface area (Å²) in [5.74, 6) is 1.99. The van der Waals surface area contributed by atoms with Crippen LogP contribution in [0.2, 0.25) is 0 Å². The van der Waals surface area contributed by atoms with Crippen molar-refractivity contribution in [3.8, 4) is 5.75 Å². The Labute approximate surface area is 92.6 Å². The zero-order chi connectivity index (χ0) is 10.4. The van der Waals surface area contributed by atoms with Crippen molar-refractivity contribution in [2.45, 2.75) is 5.75 Å². The topological polar surface area (TPSA) is 26.3 Å². The molecule has 0 spiro atoms. The highest BCUT2D eigenvalue weighted by molar-refractivity contribution is 7.99. The molecule has 0 fully saturated rings. The van der Waals surface area contributed by atoms with Crippen LogP contribution >= 0.6 is 23.4 Å². The Morgan fingerprint density at radius 2 is 2.07 bits per heavy atom. The summed E-state index contributed by atoms with van der Waals surface area (Å²) in [5, 5.41) is -0.302. The van der Waals surface area contributed by atoms with Crippen LogP contribution in [0.1, 0.15) is 5.56 Å². The van der Waals surface area contributed by atoms with E-state index in [1.54, 1.807) is 7.11 Å². The number of halogens is 1. The lowest BCUT2D eigenvalue weighted by Gasteiger charge is -2.02. The zero-order valence-corrected chi connectivity index (χ0v) is 9.40. The van der Waals surface area contributed by atoms with E-state index in [0.717, 1.165) is 17.1 Å². The molecule has 0 bridgehead atoms. The molecule has 1 aromatic carbocycles. The first-order chi connectivity index (χ1) is 6.72. The lowest BCUT2D eigenvalue weighted by molar-refractivity contribution is -0.109. The molecule has 0 aromatic heterocycles. The fourth-order valence-corrected chi connectivity index (χ4v) is 1.89. The predicted octanol–water partition coefficient (Wildman–Crippen LogP) is 2.69. The number of carbonyl (C=O) groups is 1. The van der Waals surface area contributed by atoms with Gasteiger partial charge in [0.25, 0.3) is 0 Å². The van der Waals surface area contributed by atoms with Crippen molar-refractivity contribution in [1.82, 2.24) is 0 Å². The van der Waals surface area contributed by atoms with Crippen LogP contribution < -0.4 is 4.74 Å². The molecule has 1 rings (SSSR count). The van der Waals surface area contributed by atoms with Crippen LogP contribution in [0, 0.1) is 0 Å². The van der Waals surface area contributed by atoms with Crippen molar-refractivity contribution < 1.29 is 9.53 Å². The minimum atomic E-state index is -0.302. The maximum Gasteiger partial charge on any atom is 0.231 e. The molecular weight excluding hydrogens is 220 g/mol. The Balaban J connectivity index is 2.40. The number of thioether (sulfide) groups is 1. The highest BCUT2D eigenvalue weighted by atomic mass is 35.5. The number of ether oxygens (including phenoxy) is 1. The van der Waals surface area contributed by atoms with Gasteiger partial charge in [0.15, 0.2) is 0 Å². The van der Waals surface area contributed by atoms with E-state index in [1.807, 2.05) is 24.3 Å². The number of carbonyl (C=O) groups excluding carboxylic acids is 1. The molecule has 1 aromatic rings. The Kier molecular flexibility index (Phi) is 4.84. The predicted molar refractivity (Wildman–Crippen MR) is 60.0 cm³/mol. The van der Waals surface area contributed by atoms with E-state index in [4.69, 9.17) is 16.3 Å². The highest BCUT2D eigenvalue weighted by Crippen LogP contribution is 2.16. The molecule has 4 heteroatoms. The minimum Gasteiger partial charge on any atom is -0.497 e. The maximum absolute atomic E-state index is 10.5. The van der Waals surface area contributed by atoms with E-state index in [-0.39, 0.29) is 5.24 Å². The number of hydrogen-bond acceptors (Lipinski definition) is 3. The fraction of sp³-hybridized carbons (Fsp3) is 0.300.